The summed E-state index contributed by atoms with van der Waals surface area (Å²) >= 11 is 0. The van der Waals surface area contributed by atoms with Crippen molar-refractivity contribution in [2.75, 3.05) is 0 Å². The molecule has 0 bridgehead atoms. The van der Waals surface area contributed by atoms with Gasteiger partial charge in [-0.3, -0.25) is 0 Å². The van der Waals surface area contributed by atoms with Crippen LogP contribution in [0.15, 0.2) is 30.3 Å². The van der Waals surface area contributed by atoms with Gasteiger partial charge in [0.15, 0.2) is 0 Å². The standard InChI is InChI=1S/C22H36O3/c1-2-3-4-5-6-13-18-21(25-22(23)24)19-14-8-7-10-15-20-16-11-9-12-17-20/h9,11-12,16-17,21H,2-8,10,13-15,18-19H2,1H3,(H,23,24). The first kappa shape index (κ1) is 21.5. The van der Waals surface area contributed by atoms with E-state index in [0.29, 0.717) is 0 Å². The fraction of sp³-hybridized carbons (Fsp3) is 0.682. The Morgan fingerprint density at radius 3 is 2.04 bits per heavy atom. The lowest BCUT2D eigenvalue weighted by atomic mass is 10.0. The van der Waals surface area contributed by atoms with Crippen LogP contribution in [-0.2, 0) is 11.2 Å². The van der Waals surface area contributed by atoms with E-state index in [-0.39, 0.29) is 6.10 Å². The van der Waals surface area contributed by atoms with Gasteiger partial charge in [0.05, 0.1) is 0 Å². The summed E-state index contributed by atoms with van der Waals surface area (Å²) in [7, 11) is 0. The van der Waals surface area contributed by atoms with Crippen molar-refractivity contribution in [3.8, 4) is 0 Å². The molecule has 1 rings (SSSR count). The van der Waals surface area contributed by atoms with Crippen LogP contribution >= 0.6 is 0 Å². The predicted octanol–water partition coefficient (Wildman–Crippen LogP) is 6.99. The van der Waals surface area contributed by atoms with Crippen LogP contribution < -0.4 is 0 Å². The predicted molar refractivity (Wildman–Crippen MR) is 104 cm³/mol. The summed E-state index contributed by atoms with van der Waals surface area (Å²) < 4.78 is 5.07. The van der Waals surface area contributed by atoms with E-state index in [1.807, 2.05) is 0 Å². The molecule has 0 saturated heterocycles. The number of unbranched alkanes of at least 4 members (excludes halogenated alkanes) is 8. The molecule has 25 heavy (non-hydrogen) atoms. The molecule has 0 aliphatic rings. The molecule has 0 spiro atoms. The first-order valence-electron chi connectivity index (χ1n) is 10.2. The molecular weight excluding hydrogens is 312 g/mol. The number of carboxylic acid groups (broad SMARTS) is 1. The number of carbonyl (C=O) groups is 1. The quantitative estimate of drug-likeness (QED) is 0.274. The largest absolute Gasteiger partial charge is 0.506 e. The summed E-state index contributed by atoms with van der Waals surface area (Å²) in [6.07, 6.45) is 13.6. The molecule has 0 fully saturated rings. The second kappa shape index (κ2) is 14.8. The van der Waals surface area contributed by atoms with Gasteiger partial charge >= 0.3 is 6.16 Å². The maximum absolute atomic E-state index is 10.9. The maximum atomic E-state index is 10.9. The van der Waals surface area contributed by atoms with Gasteiger partial charge in [0.2, 0.25) is 0 Å². The highest BCUT2D eigenvalue weighted by Crippen LogP contribution is 2.17. The number of aryl methyl sites for hydroxylation is 1. The normalized spacial score (nSPS) is 12.0. The van der Waals surface area contributed by atoms with Gasteiger partial charge in [0, 0.05) is 0 Å². The summed E-state index contributed by atoms with van der Waals surface area (Å²) in [6, 6.07) is 10.6. The zero-order valence-corrected chi connectivity index (χ0v) is 15.9. The molecule has 1 aromatic carbocycles. The average Bonchev–Trinajstić information content (AvgIpc) is 2.61. The number of hydrogen-bond donors (Lipinski definition) is 1. The van der Waals surface area contributed by atoms with E-state index in [4.69, 9.17) is 9.84 Å². The Morgan fingerprint density at radius 2 is 1.44 bits per heavy atom. The van der Waals surface area contributed by atoms with Crippen molar-refractivity contribution in [1.82, 2.24) is 0 Å². The summed E-state index contributed by atoms with van der Waals surface area (Å²) in [4.78, 5) is 10.9. The van der Waals surface area contributed by atoms with Crippen LogP contribution in [0.2, 0.25) is 0 Å². The highest BCUT2D eigenvalue weighted by Gasteiger charge is 2.13. The van der Waals surface area contributed by atoms with Gasteiger partial charge in [-0.25, -0.2) is 4.79 Å². The molecule has 1 unspecified atom stereocenters. The molecule has 0 saturated carbocycles. The van der Waals surface area contributed by atoms with Crippen molar-refractivity contribution in [2.24, 2.45) is 0 Å². The topological polar surface area (TPSA) is 46.5 Å². The third-order valence-electron chi connectivity index (χ3n) is 4.73. The van der Waals surface area contributed by atoms with Gasteiger partial charge in [-0.1, -0.05) is 82.2 Å². The van der Waals surface area contributed by atoms with Gasteiger partial charge < -0.3 is 9.84 Å². The van der Waals surface area contributed by atoms with E-state index >= 15 is 0 Å². The fourth-order valence-electron chi connectivity index (χ4n) is 3.26. The Hall–Kier alpha value is -1.51. The molecular formula is C22H36O3. The van der Waals surface area contributed by atoms with E-state index < -0.39 is 6.16 Å². The zero-order chi connectivity index (χ0) is 18.2. The Morgan fingerprint density at radius 1 is 0.880 bits per heavy atom. The van der Waals surface area contributed by atoms with Crippen LogP contribution in [0.4, 0.5) is 4.79 Å². The van der Waals surface area contributed by atoms with E-state index in [1.54, 1.807) is 0 Å². The highest BCUT2D eigenvalue weighted by atomic mass is 16.7. The molecule has 3 heteroatoms. The molecule has 0 aromatic heterocycles. The van der Waals surface area contributed by atoms with Gasteiger partial charge in [-0.15, -0.1) is 0 Å². The minimum absolute atomic E-state index is 0.113. The van der Waals surface area contributed by atoms with Crippen molar-refractivity contribution >= 4 is 6.16 Å². The summed E-state index contributed by atoms with van der Waals surface area (Å²) in [6.45, 7) is 2.22. The van der Waals surface area contributed by atoms with Crippen LogP contribution in [0, 0.1) is 0 Å². The van der Waals surface area contributed by atoms with Crippen LogP contribution in [0.3, 0.4) is 0 Å². The molecule has 142 valence electrons. The van der Waals surface area contributed by atoms with Crippen molar-refractivity contribution in [3.05, 3.63) is 35.9 Å². The Labute approximate surface area is 153 Å². The van der Waals surface area contributed by atoms with Gasteiger partial charge in [0.1, 0.15) is 6.10 Å². The molecule has 1 N–H and O–H groups in total. The fourth-order valence-corrected chi connectivity index (χ4v) is 3.26. The number of rotatable bonds is 15. The minimum atomic E-state index is -1.12. The molecule has 1 atom stereocenters. The van der Waals surface area contributed by atoms with Crippen molar-refractivity contribution in [1.29, 1.82) is 0 Å². The Kier molecular flexibility index (Phi) is 12.7. The lowest BCUT2D eigenvalue weighted by molar-refractivity contribution is 0.0422. The number of benzene rings is 1. The van der Waals surface area contributed by atoms with Crippen molar-refractivity contribution in [3.63, 3.8) is 0 Å². The summed E-state index contributed by atoms with van der Waals surface area (Å²) in [5.74, 6) is 0. The van der Waals surface area contributed by atoms with Crippen LogP contribution in [-0.4, -0.2) is 17.4 Å². The minimum Gasteiger partial charge on any atom is -0.450 e. The molecule has 0 radical (unpaired) electrons. The van der Waals surface area contributed by atoms with Gasteiger partial charge in [-0.2, -0.15) is 0 Å². The lowest BCUT2D eigenvalue weighted by Gasteiger charge is -2.15. The molecule has 0 aliphatic carbocycles. The summed E-state index contributed by atoms with van der Waals surface area (Å²) in [5.41, 5.74) is 1.40. The van der Waals surface area contributed by atoms with Crippen molar-refractivity contribution < 1.29 is 14.6 Å². The van der Waals surface area contributed by atoms with Gasteiger partial charge in [-0.05, 0) is 44.1 Å². The molecule has 3 nitrogen and oxygen atoms in total. The van der Waals surface area contributed by atoms with Crippen LogP contribution in [0.5, 0.6) is 0 Å². The average molecular weight is 349 g/mol. The first-order valence-corrected chi connectivity index (χ1v) is 10.2. The third-order valence-corrected chi connectivity index (χ3v) is 4.73. The van der Waals surface area contributed by atoms with E-state index in [9.17, 15) is 4.79 Å². The second-order valence-electron chi connectivity index (χ2n) is 7.00. The number of hydrogen-bond acceptors (Lipinski definition) is 2. The van der Waals surface area contributed by atoms with E-state index in [1.165, 1.54) is 50.5 Å². The number of ether oxygens (including phenoxy) is 1. The SMILES string of the molecule is CCCCCCCCC(CCCCCCc1ccccc1)OC(=O)O. The molecule has 0 heterocycles. The van der Waals surface area contributed by atoms with E-state index in [0.717, 1.165) is 38.5 Å². The third kappa shape index (κ3) is 12.5. The van der Waals surface area contributed by atoms with Crippen molar-refractivity contribution in [2.45, 2.75) is 96.5 Å². The molecule has 1 aromatic rings. The van der Waals surface area contributed by atoms with E-state index in [2.05, 4.69) is 37.3 Å². The van der Waals surface area contributed by atoms with Crippen LogP contribution in [0.1, 0.15) is 89.5 Å². The highest BCUT2D eigenvalue weighted by molar-refractivity contribution is 5.57. The maximum Gasteiger partial charge on any atom is 0.506 e. The Bertz CT molecular complexity index is 430. The lowest BCUT2D eigenvalue weighted by Crippen LogP contribution is -2.16. The Balaban J connectivity index is 2.08. The molecule has 0 aliphatic heterocycles. The van der Waals surface area contributed by atoms with Gasteiger partial charge in [0.25, 0.3) is 0 Å². The first-order chi connectivity index (χ1) is 12.2. The zero-order valence-electron chi connectivity index (χ0n) is 15.9. The molecule has 0 amide bonds. The monoisotopic (exact) mass is 348 g/mol. The summed E-state index contributed by atoms with van der Waals surface area (Å²) in [5, 5.41) is 8.90. The second-order valence-corrected chi connectivity index (χ2v) is 7.00. The smallest absolute Gasteiger partial charge is 0.450 e. The van der Waals surface area contributed by atoms with Crippen LogP contribution in [0.25, 0.3) is 0 Å².